The minimum Gasteiger partial charge on any atom is -0.481 e. The first-order valence-corrected chi connectivity index (χ1v) is 7.08. The van der Waals surface area contributed by atoms with Gasteiger partial charge in [0.2, 0.25) is 0 Å². The van der Waals surface area contributed by atoms with Gasteiger partial charge in [0.15, 0.2) is 0 Å². The van der Waals surface area contributed by atoms with E-state index in [1.165, 1.54) is 4.88 Å². The minimum atomic E-state index is -0.739. The Morgan fingerprint density at radius 3 is 2.89 bits per heavy atom. The van der Waals surface area contributed by atoms with E-state index in [0.717, 1.165) is 25.9 Å². The van der Waals surface area contributed by atoms with E-state index in [9.17, 15) is 4.79 Å². The van der Waals surface area contributed by atoms with Gasteiger partial charge in [-0.2, -0.15) is 0 Å². The summed E-state index contributed by atoms with van der Waals surface area (Å²) in [4.78, 5) is 14.2. The van der Waals surface area contributed by atoms with Crippen molar-refractivity contribution in [3.05, 3.63) is 22.4 Å². The topological polar surface area (TPSA) is 52.6 Å². The zero-order valence-electron chi connectivity index (χ0n) is 11.1. The molecule has 0 bridgehead atoms. The van der Waals surface area contributed by atoms with Crippen LogP contribution in [0.25, 0.3) is 0 Å². The minimum absolute atomic E-state index is 0.0308. The van der Waals surface area contributed by atoms with Crippen LogP contribution in [0, 0.1) is 0 Å². The van der Waals surface area contributed by atoms with Crippen LogP contribution in [0.3, 0.4) is 0 Å². The molecule has 2 N–H and O–H groups in total. The van der Waals surface area contributed by atoms with Crippen molar-refractivity contribution in [1.29, 1.82) is 0 Å². The molecule has 1 atom stereocenters. The molecular weight excluding hydrogens is 248 g/mol. The molecular formula is C13H22N2O2S. The largest absolute Gasteiger partial charge is 0.481 e. The van der Waals surface area contributed by atoms with Crippen LogP contribution in [-0.2, 0) is 11.2 Å². The van der Waals surface area contributed by atoms with Gasteiger partial charge in [0.25, 0.3) is 0 Å². The molecule has 1 heterocycles. The monoisotopic (exact) mass is 270 g/mol. The SMILES string of the molecule is CN(C)CCCNC(CC(=O)O)Cc1cccs1. The van der Waals surface area contributed by atoms with Crippen LogP contribution in [0.2, 0.25) is 0 Å². The van der Waals surface area contributed by atoms with Crippen LogP contribution in [0.5, 0.6) is 0 Å². The molecule has 0 aliphatic carbocycles. The lowest BCUT2D eigenvalue weighted by Gasteiger charge is -2.17. The summed E-state index contributed by atoms with van der Waals surface area (Å²) in [5, 5.41) is 14.3. The summed E-state index contributed by atoms with van der Waals surface area (Å²) >= 11 is 1.68. The van der Waals surface area contributed by atoms with Crippen molar-refractivity contribution in [1.82, 2.24) is 10.2 Å². The highest BCUT2D eigenvalue weighted by Gasteiger charge is 2.13. The van der Waals surface area contributed by atoms with Crippen molar-refractivity contribution >= 4 is 17.3 Å². The van der Waals surface area contributed by atoms with E-state index in [0.29, 0.717) is 0 Å². The highest BCUT2D eigenvalue weighted by atomic mass is 32.1. The molecule has 5 heteroatoms. The van der Waals surface area contributed by atoms with Crippen molar-refractivity contribution < 1.29 is 9.90 Å². The Morgan fingerprint density at radius 2 is 2.33 bits per heavy atom. The Kier molecular flexibility index (Phi) is 6.93. The van der Waals surface area contributed by atoms with Gasteiger partial charge in [-0.1, -0.05) is 6.07 Å². The van der Waals surface area contributed by atoms with E-state index in [1.54, 1.807) is 11.3 Å². The van der Waals surface area contributed by atoms with Crippen LogP contribution in [0.15, 0.2) is 17.5 Å². The van der Waals surface area contributed by atoms with E-state index in [1.807, 2.05) is 25.5 Å². The Morgan fingerprint density at radius 1 is 1.56 bits per heavy atom. The molecule has 0 aliphatic rings. The summed E-state index contributed by atoms with van der Waals surface area (Å²) in [5.41, 5.74) is 0. The van der Waals surface area contributed by atoms with Gasteiger partial charge in [-0.25, -0.2) is 0 Å². The van der Waals surface area contributed by atoms with Gasteiger partial charge in [0.05, 0.1) is 6.42 Å². The molecule has 1 rings (SSSR count). The average molecular weight is 270 g/mol. The molecule has 1 aromatic heterocycles. The molecule has 0 saturated heterocycles. The average Bonchev–Trinajstić information content (AvgIpc) is 2.75. The lowest BCUT2D eigenvalue weighted by molar-refractivity contribution is -0.137. The van der Waals surface area contributed by atoms with Crippen LogP contribution < -0.4 is 5.32 Å². The zero-order chi connectivity index (χ0) is 13.4. The first-order chi connectivity index (χ1) is 8.58. The molecule has 0 amide bonds. The Bertz CT molecular complexity index is 339. The number of thiophene rings is 1. The first kappa shape index (κ1) is 15.1. The number of hydrogen-bond acceptors (Lipinski definition) is 4. The quantitative estimate of drug-likeness (QED) is 0.670. The van der Waals surface area contributed by atoms with E-state index in [4.69, 9.17) is 5.11 Å². The molecule has 0 saturated carbocycles. The van der Waals surface area contributed by atoms with Gasteiger partial charge >= 0.3 is 5.97 Å². The van der Waals surface area contributed by atoms with Crippen LogP contribution in [-0.4, -0.2) is 49.2 Å². The van der Waals surface area contributed by atoms with Crippen molar-refractivity contribution in [2.24, 2.45) is 0 Å². The van der Waals surface area contributed by atoms with Gasteiger partial charge in [0, 0.05) is 10.9 Å². The van der Waals surface area contributed by atoms with Crippen LogP contribution >= 0.6 is 11.3 Å². The number of carboxylic acids is 1. The van der Waals surface area contributed by atoms with Crippen molar-refractivity contribution in [2.45, 2.75) is 25.3 Å². The molecule has 102 valence electrons. The summed E-state index contributed by atoms with van der Waals surface area (Å²) < 4.78 is 0. The molecule has 1 unspecified atom stereocenters. The predicted octanol–water partition coefficient (Wildman–Crippen LogP) is 1.68. The number of nitrogens with zero attached hydrogens (tertiary/aromatic N) is 1. The predicted molar refractivity (Wildman–Crippen MR) is 75.2 cm³/mol. The van der Waals surface area contributed by atoms with E-state index >= 15 is 0 Å². The molecule has 0 radical (unpaired) electrons. The summed E-state index contributed by atoms with van der Waals surface area (Å²) in [6, 6.07) is 4.09. The number of carboxylic acid groups (broad SMARTS) is 1. The van der Waals surface area contributed by atoms with Gasteiger partial charge in [0.1, 0.15) is 0 Å². The third-order valence-electron chi connectivity index (χ3n) is 2.66. The maximum atomic E-state index is 10.8. The maximum Gasteiger partial charge on any atom is 0.304 e. The third-order valence-corrected chi connectivity index (χ3v) is 3.56. The summed E-state index contributed by atoms with van der Waals surface area (Å²) in [7, 11) is 4.08. The highest BCUT2D eigenvalue weighted by Crippen LogP contribution is 2.12. The Hall–Kier alpha value is -0.910. The molecule has 1 aromatic rings. The summed E-state index contributed by atoms with van der Waals surface area (Å²) in [6.45, 7) is 1.88. The highest BCUT2D eigenvalue weighted by molar-refractivity contribution is 7.09. The lowest BCUT2D eigenvalue weighted by atomic mass is 10.1. The fraction of sp³-hybridized carbons (Fsp3) is 0.615. The van der Waals surface area contributed by atoms with Gasteiger partial charge in [-0.05, 0) is 51.5 Å². The zero-order valence-corrected chi connectivity index (χ0v) is 11.9. The fourth-order valence-electron chi connectivity index (χ4n) is 1.80. The van der Waals surface area contributed by atoms with Crippen molar-refractivity contribution in [3.63, 3.8) is 0 Å². The molecule has 4 nitrogen and oxygen atoms in total. The van der Waals surface area contributed by atoms with Gasteiger partial charge < -0.3 is 15.3 Å². The number of carbonyl (C=O) groups is 1. The number of rotatable bonds is 9. The second-order valence-electron chi connectivity index (χ2n) is 4.69. The molecule has 0 aliphatic heterocycles. The van der Waals surface area contributed by atoms with Gasteiger partial charge in [-0.3, -0.25) is 4.79 Å². The first-order valence-electron chi connectivity index (χ1n) is 6.20. The van der Waals surface area contributed by atoms with Gasteiger partial charge in [-0.15, -0.1) is 11.3 Å². The smallest absolute Gasteiger partial charge is 0.304 e. The van der Waals surface area contributed by atoms with Crippen LogP contribution in [0.4, 0.5) is 0 Å². The van der Waals surface area contributed by atoms with Crippen molar-refractivity contribution in [3.8, 4) is 0 Å². The normalized spacial score (nSPS) is 12.8. The number of aliphatic carboxylic acids is 1. The summed E-state index contributed by atoms with van der Waals surface area (Å²) in [6.07, 6.45) is 2.01. The fourth-order valence-corrected chi connectivity index (χ4v) is 2.59. The number of nitrogens with one attached hydrogen (secondary N) is 1. The molecule has 0 aromatic carbocycles. The molecule has 18 heavy (non-hydrogen) atoms. The van der Waals surface area contributed by atoms with E-state index in [2.05, 4.69) is 16.3 Å². The second-order valence-corrected chi connectivity index (χ2v) is 5.72. The molecule has 0 spiro atoms. The lowest BCUT2D eigenvalue weighted by Crippen LogP contribution is -2.35. The third kappa shape index (κ3) is 6.74. The molecule has 0 fully saturated rings. The Labute approximate surface area is 113 Å². The maximum absolute atomic E-state index is 10.8. The van der Waals surface area contributed by atoms with E-state index < -0.39 is 5.97 Å². The van der Waals surface area contributed by atoms with Crippen molar-refractivity contribution in [2.75, 3.05) is 27.2 Å². The number of hydrogen-bond donors (Lipinski definition) is 2. The Balaban J connectivity index is 2.33. The van der Waals surface area contributed by atoms with E-state index in [-0.39, 0.29) is 12.5 Å². The second kappa shape index (κ2) is 8.24. The standard InChI is InChI=1S/C13H22N2O2S/c1-15(2)7-4-6-14-11(10-13(16)17)9-12-5-3-8-18-12/h3,5,8,11,14H,4,6-7,9-10H2,1-2H3,(H,16,17). The summed E-state index contributed by atoms with van der Waals surface area (Å²) in [5.74, 6) is -0.739. The van der Waals surface area contributed by atoms with Crippen LogP contribution in [0.1, 0.15) is 17.7 Å².